The van der Waals surface area contributed by atoms with Crippen molar-refractivity contribution in [3.05, 3.63) is 112 Å². The van der Waals surface area contributed by atoms with Crippen molar-refractivity contribution in [1.82, 2.24) is 39.2 Å². The molecule has 0 fully saturated rings. The number of para-hydroxylation sites is 1. The van der Waals surface area contributed by atoms with Crippen LogP contribution in [-0.4, -0.2) is 39.8 Å². The first-order valence-corrected chi connectivity index (χ1v) is 12.8. The summed E-state index contributed by atoms with van der Waals surface area (Å²) in [6, 6.07) is 15.5. The summed E-state index contributed by atoms with van der Waals surface area (Å²) < 4.78 is 4.65. The van der Waals surface area contributed by atoms with Crippen LogP contribution < -0.4 is 16.6 Å². The Morgan fingerprint density at radius 3 is 2.56 bits per heavy atom. The molecule has 2 aromatic carbocycles. The Hall–Kier alpha value is -5.76. The number of aromatic nitrogens is 7. The number of rotatable bonds is 4. The van der Waals surface area contributed by atoms with E-state index >= 15 is 0 Å². The molecule has 0 aliphatic carbocycles. The van der Waals surface area contributed by atoms with Gasteiger partial charge >= 0.3 is 0 Å². The quantitative estimate of drug-likeness (QED) is 0.326. The van der Waals surface area contributed by atoms with Gasteiger partial charge in [-0.1, -0.05) is 36.1 Å². The lowest BCUT2D eigenvalue weighted by Crippen LogP contribution is -2.33. The van der Waals surface area contributed by atoms with Crippen molar-refractivity contribution in [3.8, 4) is 17.5 Å². The number of hydrogen-bond donors (Lipinski definition) is 2. The molecule has 4 aromatic heterocycles. The summed E-state index contributed by atoms with van der Waals surface area (Å²) in [7, 11) is 1.83. The third kappa shape index (κ3) is 4.57. The van der Waals surface area contributed by atoms with Crippen LogP contribution in [-0.2, 0) is 7.05 Å². The van der Waals surface area contributed by atoms with Crippen molar-refractivity contribution in [1.29, 1.82) is 0 Å². The number of hydrogen-bond acceptors (Lipinski definition) is 7. The lowest BCUT2D eigenvalue weighted by Gasteiger charge is -2.20. The number of nitrogens with two attached hydrogens (primary N) is 1. The van der Waals surface area contributed by atoms with E-state index in [1.54, 1.807) is 48.3 Å². The van der Waals surface area contributed by atoms with Gasteiger partial charge in [0.05, 0.1) is 33.9 Å². The lowest BCUT2D eigenvalue weighted by atomic mass is 10.1. The average Bonchev–Trinajstić information content (AvgIpc) is 3.48. The zero-order valence-corrected chi connectivity index (χ0v) is 22.5. The minimum Gasteiger partial charge on any atom is -0.381 e. The molecule has 0 saturated carbocycles. The predicted octanol–water partition coefficient (Wildman–Crippen LogP) is 2.94. The second-order valence-corrected chi connectivity index (χ2v) is 9.54. The molecule has 0 bridgehead atoms. The van der Waals surface area contributed by atoms with Gasteiger partial charge in [0.1, 0.15) is 11.4 Å². The number of benzene rings is 2. The molecule has 6 rings (SSSR count). The molecule has 1 amide bonds. The Kier molecular flexibility index (Phi) is 6.28. The van der Waals surface area contributed by atoms with Crippen LogP contribution in [0, 0.1) is 18.8 Å². The van der Waals surface area contributed by atoms with E-state index in [-0.39, 0.29) is 16.9 Å². The summed E-state index contributed by atoms with van der Waals surface area (Å²) >= 11 is 0. The van der Waals surface area contributed by atoms with Gasteiger partial charge in [0.15, 0.2) is 11.5 Å². The van der Waals surface area contributed by atoms with Crippen LogP contribution >= 0.6 is 0 Å². The third-order valence-electron chi connectivity index (χ3n) is 6.67. The summed E-state index contributed by atoms with van der Waals surface area (Å²) in [5, 5.41) is 11.8. The number of carbonyl (C=O) groups is 1. The van der Waals surface area contributed by atoms with Crippen molar-refractivity contribution < 1.29 is 4.79 Å². The molecule has 1 atom stereocenters. The molecule has 0 spiro atoms. The number of amides is 1. The molecular weight excluding hydrogens is 518 g/mol. The zero-order valence-electron chi connectivity index (χ0n) is 22.5. The molecule has 11 nitrogen and oxygen atoms in total. The minimum absolute atomic E-state index is 0.0485. The van der Waals surface area contributed by atoms with Gasteiger partial charge in [0, 0.05) is 31.2 Å². The topological polar surface area (TPSA) is 138 Å². The van der Waals surface area contributed by atoms with Crippen LogP contribution in [0.5, 0.6) is 0 Å². The maximum absolute atomic E-state index is 14.2. The van der Waals surface area contributed by atoms with Gasteiger partial charge in [0.2, 0.25) is 0 Å². The zero-order chi connectivity index (χ0) is 28.7. The van der Waals surface area contributed by atoms with Crippen molar-refractivity contribution in [2.75, 3.05) is 5.73 Å². The average molecular weight is 544 g/mol. The second-order valence-electron chi connectivity index (χ2n) is 9.54. The molecule has 1 unspecified atom stereocenters. The summed E-state index contributed by atoms with van der Waals surface area (Å²) in [5.41, 5.74) is 9.42. The van der Waals surface area contributed by atoms with E-state index < -0.39 is 11.9 Å². The molecule has 0 aliphatic rings. The molecule has 0 saturated heterocycles. The van der Waals surface area contributed by atoms with E-state index in [0.717, 1.165) is 11.3 Å². The standard InChI is InChI=1S/C30H25N9O2/c1-18-21(17-37(3)35-18)14-13-20-9-7-12-23-24(20)30(41)39(22-10-5-4-6-11-22)27(34-23)19(2)33-29(40)25-26(31)36-38-16-8-15-32-28(25)38/h4-12,15-17,19H,1-3H3,(H2,31,36)(H,33,40). The number of aryl methyl sites for hydroxylation is 2. The Labute approximate surface area is 234 Å². The number of nitrogen functional groups attached to an aromatic ring is 1. The molecule has 11 heteroatoms. The van der Waals surface area contributed by atoms with Crippen molar-refractivity contribution in [2.45, 2.75) is 19.9 Å². The van der Waals surface area contributed by atoms with E-state index in [4.69, 9.17) is 10.7 Å². The second kappa shape index (κ2) is 10.1. The van der Waals surface area contributed by atoms with Crippen molar-refractivity contribution in [2.24, 2.45) is 7.05 Å². The SMILES string of the molecule is Cc1nn(C)cc1C#Cc1cccc2nc(C(C)NC(=O)c3c(N)nn4cccnc34)n(-c3ccccc3)c(=O)c12. The fraction of sp³-hybridized carbons (Fsp3) is 0.133. The van der Waals surface area contributed by atoms with Gasteiger partial charge in [-0.3, -0.25) is 18.8 Å². The van der Waals surface area contributed by atoms with Crippen LogP contribution in [0.2, 0.25) is 0 Å². The van der Waals surface area contributed by atoms with Gasteiger partial charge in [0.25, 0.3) is 11.5 Å². The van der Waals surface area contributed by atoms with Gasteiger partial charge in [-0.05, 0) is 44.2 Å². The monoisotopic (exact) mass is 543 g/mol. The van der Waals surface area contributed by atoms with E-state index in [2.05, 4.69) is 32.3 Å². The molecule has 3 N–H and O–H groups in total. The fourth-order valence-corrected chi connectivity index (χ4v) is 4.78. The van der Waals surface area contributed by atoms with Crippen LogP contribution in [0.15, 0.2) is 78.0 Å². The Morgan fingerprint density at radius 2 is 1.80 bits per heavy atom. The molecule has 4 heterocycles. The van der Waals surface area contributed by atoms with Gasteiger partial charge in [-0.25, -0.2) is 14.5 Å². The number of carbonyl (C=O) groups excluding carboxylic acids is 1. The summed E-state index contributed by atoms with van der Waals surface area (Å²) in [6.07, 6.45) is 5.06. The maximum Gasteiger partial charge on any atom is 0.267 e. The first kappa shape index (κ1) is 25.5. The molecule has 202 valence electrons. The van der Waals surface area contributed by atoms with Gasteiger partial charge < -0.3 is 11.1 Å². The highest BCUT2D eigenvalue weighted by Gasteiger charge is 2.24. The first-order valence-electron chi connectivity index (χ1n) is 12.8. The number of nitrogens with one attached hydrogen (secondary N) is 1. The number of nitrogens with zero attached hydrogens (tertiary/aromatic N) is 7. The Morgan fingerprint density at radius 1 is 1.02 bits per heavy atom. The van der Waals surface area contributed by atoms with Crippen LogP contribution in [0.3, 0.4) is 0 Å². The molecule has 6 aromatic rings. The molecule has 0 aliphatic heterocycles. The fourth-order valence-electron chi connectivity index (χ4n) is 4.78. The smallest absolute Gasteiger partial charge is 0.267 e. The summed E-state index contributed by atoms with van der Waals surface area (Å²) in [5.74, 6) is 6.19. The molecular formula is C30H25N9O2. The summed E-state index contributed by atoms with van der Waals surface area (Å²) in [6.45, 7) is 3.64. The molecule has 41 heavy (non-hydrogen) atoms. The van der Waals surface area contributed by atoms with Crippen LogP contribution in [0.1, 0.15) is 46.0 Å². The normalized spacial score (nSPS) is 11.8. The Balaban J connectivity index is 1.48. The third-order valence-corrected chi connectivity index (χ3v) is 6.67. The number of fused-ring (bicyclic) bond motifs is 2. The maximum atomic E-state index is 14.2. The van der Waals surface area contributed by atoms with Gasteiger partial charge in [-0.15, -0.1) is 5.10 Å². The van der Waals surface area contributed by atoms with Gasteiger partial charge in [-0.2, -0.15) is 5.10 Å². The minimum atomic E-state index is -0.689. The summed E-state index contributed by atoms with van der Waals surface area (Å²) in [4.78, 5) is 36.7. The first-order chi connectivity index (χ1) is 19.8. The highest BCUT2D eigenvalue weighted by Crippen LogP contribution is 2.22. The van der Waals surface area contributed by atoms with E-state index in [0.29, 0.717) is 33.6 Å². The predicted molar refractivity (Wildman–Crippen MR) is 155 cm³/mol. The van der Waals surface area contributed by atoms with Crippen molar-refractivity contribution >= 4 is 28.3 Å². The van der Waals surface area contributed by atoms with E-state index in [1.165, 1.54) is 9.08 Å². The lowest BCUT2D eigenvalue weighted by molar-refractivity contribution is 0.0940. The number of anilines is 1. The van der Waals surface area contributed by atoms with Crippen molar-refractivity contribution in [3.63, 3.8) is 0 Å². The van der Waals surface area contributed by atoms with Crippen LogP contribution in [0.25, 0.3) is 22.2 Å². The van der Waals surface area contributed by atoms with E-state index in [9.17, 15) is 9.59 Å². The Bertz CT molecular complexity index is 2080. The van der Waals surface area contributed by atoms with Crippen LogP contribution in [0.4, 0.5) is 5.82 Å². The highest BCUT2D eigenvalue weighted by molar-refractivity contribution is 6.04. The largest absolute Gasteiger partial charge is 0.381 e. The highest BCUT2D eigenvalue weighted by atomic mass is 16.2. The van der Waals surface area contributed by atoms with E-state index in [1.807, 2.05) is 50.5 Å². The molecule has 0 radical (unpaired) electrons.